The second-order valence-corrected chi connectivity index (χ2v) is 10.9. The van der Waals surface area contributed by atoms with Crippen molar-refractivity contribution in [1.29, 1.82) is 0 Å². The van der Waals surface area contributed by atoms with Gasteiger partial charge in [0, 0.05) is 26.2 Å². The number of nitrogens with zero attached hydrogens (tertiary/aromatic N) is 6. The highest BCUT2D eigenvalue weighted by molar-refractivity contribution is 9.10. The number of rotatable bonds is 4. The van der Waals surface area contributed by atoms with Crippen molar-refractivity contribution in [2.75, 3.05) is 31.1 Å². The van der Waals surface area contributed by atoms with Gasteiger partial charge in [-0.3, -0.25) is 9.59 Å². The second-order valence-electron chi connectivity index (χ2n) is 10.2. The molecule has 1 aliphatic rings. The Kier molecular flexibility index (Phi) is 7.30. The van der Waals surface area contributed by atoms with Gasteiger partial charge in [-0.1, -0.05) is 6.92 Å². The average molecular weight is 541 g/mol. The summed E-state index contributed by atoms with van der Waals surface area (Å²) in [5.41, 5.74) is -0.441. The SMILES string of the molecule is CCc1c(N2CCN(C(=O)OC(C)(C)C)CC2)c(=O)n2nc(Br)nc2n1CC(=O)OC(C)(C)C. The van der Waals surface area contributed by atoms with Gasteiger partial charge in [0.05, 0.1) is 5.69 Å². The zero-order valence-corrected chi connectivity index (χ0v) is 22.4. The molecule has 0 radical (unpaired) electrons. The molecule has 0 aromatic carbocycles. The summed E-state index contributed by atoms with van der Waals surface area (Å²) in [4.78, 5) is 46.5. The second kappa shape index (κ2) is 9.55. The Balaban J connectivity index is 1.97. The van der Waals surface area contributed by atoms with Crippen molar-refractivity contribution in [3.05, 3.63) is 20.8 Å². The molecule has 0 spiro atoms. The minimum absolute atomic E-state index is 0.111. The van der Waals surface area contributed by atoms with Gasteiger partial charge in [0.1, 0.15) is 23.4 Å². The Morgan fingerprint density at radius 1 is 1.00 bits per heavy atom. The number of hydrogen-bond acceptors (Lipinski definition) is 8. The highest BCUT2D eigenvalue weighted by Gasteiger charge is 2.30. The zero-order chi connectivity index (χ0) is 25.4. The van der Waals surface area contributed by atoms with Gasteiger partial charge in [-0.2, -0.15) is 9.50 Å². The Bertz CT molecular complexity index is 1140. The molecule has 3 heterocycles. The Morgan fingerprint density at radius 2 is 1.59 bits per heavy atom. The first kappa shape index (κ1) is 26.0. The Hall–Kier alpha value is -2.63. The normalized spacial score (nSPS) is 15.1. The van der Waals surface area contributed by atoms with Crippen LogP contribution < -0.4 is 10.5 Å². The molecule has 3 rings (SSSR count). The average Bonchev–Trinajstić information content (AvgIpc) is 3.09. The van der Waals surface area contributed by atoms with Crippen LogP contribution in [-0.2, 0) is 27.2 Å². The molecule has 0 unspecified atom stereocenters. The summed E-state index contributed by atoms with van der Waals surface area (Å²) in [6.45, 7) is 14.4. The molecular weight excluding hydrogens is 508 g/mol. The third-order valence-electron chi connectivity index (χ3n) is 5.09. The van der Waals surface area contributed by atoms with Crippen LogP contribution in [-0.4, -0.2) is 73.5 Å². The van der Waals surface area contributed by atoms with Gasteiger partial charge >= 0.3 is 12.1 Å². The van der Waals surface area contributed by atoms with Crippen molar-refractivity contribution in [1.82, 2.24) is 24.1 Å². The highest BCUT2D eigenvalue weighted by atomic mass is 79.9. The number of esters is 1. The van der Waals surface area contributed by atoms with Crippen LogP contribution in [0.5, 0.6) is 0 Å². The summed E-state index contributed by atoms with van der Waals surface area (Å²) in [5.74, 6) is -0.178. The lowest BCUT2D eigenvalue weighted by molar-refractivity contribution is -0.155. The first-order chi connectivity index (χ1) is 15.7. The molecule has 2 aromatic rings. The predicted octanol–water partition coefficient (Wildman–Crippen LogP) is 2.61. The standard InChI is InChI=1S/C22H33BrN6O5/c1-8-14-16(26-9-11-27(12-10-26)20(32)34-22(5,6)7)17(31)29-19(24-18(23)25-29)28(14)13-15(30)33-21(2,3)4/h8-13H2,1-7H3. The van der Waals surface area contributed by atoms with E-state index >= 15 is 0 Å². The van der Waals surface area contributed by atoms with E-state index in [2.05, 4.69) is 26.0 Å². The fraction of sp³-hybridized carbons (Fsp3) is 0.682. The first-order valence-electron chi connectivity index (χ1n) is 11.3. The van der Waals surface area contributed by atoms with Crippen molar-refractivity contribution in [2.45, 2.75) is 72.6 Å². The van der Waals surface area contributed by atoms with E-state index in [4.69, 9.17) is 9.47 Å². The van der Waals surface area contributed by atoms with E-state index in [9.17, 15) is 14.4 Å². The maximum Gasteiger partial charge on any atom is 0.410 e. The van der Waals surface area contributed by atoms with Crippen LogP contribution in [0.25, 0.3) is 5.78 Å². The lowest BCUT2D eigenvalue weighted by Gasteiger charge is -2.37. The van der Waals surface area contributed by atoms with Crippen molar-refractivity contribution in [2.24, 2.45) is 0 Å². The van der Waals surface area contributed by atoms with Crippen LogP contribution in [0, 0.1) is 0 Å². The number of carbonyl (C=O) groups excluding carboxylic acids is 2. The smallest absolute Gasteiger partial charge is 0.410 e. The lowest BCUT2D eigenvalue weighted by atomic mass is 10.2. The molecule has 1 amide bonds. The van der Waals surface area contributed by atoms with E-state index in [1.807, 2.05) is 32.6 Å². The van der Waals surface area contributed by atoms with E-state index in [0.717, 1.165) is 0 Å². The summed E-state index contributed by atoms with van der Waals surface area (Å²) >= 11 is 3.24. The molecule has 2 aromatic heterocycles. The minimum Gasteiger partial charge on any atom is -0.459 e. The van der Waals surface area contributed by atoms with Gasteiger partial charge in [0.15, 0.2) is 0 Å². The number of amides is 1. The molecule has 0 saturated carbocycles. The summed E-state index contributed by atoms with van der Waals surface area (Å²) in [5, 5.41) is 4.20. The van der Waals surface area contributed by atoms with Gasteiger partial charge < -0.3 is 23.8 Å². The number of anilines is 1. The quantitative estimate of drug-likeness (QED) is 0.544. The number of aromatic nitrogens is 4. The van der Waals surface area contributed by atoms with Crippen LogP contribution in [0.4, 0.5) is 10.5 Å². The van der Waals surface area contributed by atoms with Crippen LogP contribution in [0.3, 0.4) is 0 Å². The molecule has 188 valence electrons. The van der Waals surface area contributed by atoms with Gasteiger partial charge in [-0.15, -0.1) is 5.10 Å². The van der Waals surface area contributed by atoms with E-state index in [0.29, 0.717) is 44.0 Å². The van der Waals surface area contributed by atoms with Crippen LogP contribution in [0.2, 0.25) is 0 Å². The molecule has 0 N–H and O–H groups in total. The zero-order valence-electron chi connectivity index (χ0n) is 20.8. The molecule has 0 atom stereocenters. The van der Waals surface area contributed by atoms with Crippen LogP contribution >= 0.6 is 15.9 Å². The molecule has 1 fully saturated rings. The molecule has 1 aliphatic heterocycles. The summed E-state index contributed by atoms with van der Waals surface area (Å²) in [6.07, 6.45) is 0.113. The topological polar surface area (TPSA) is 111 Å². The summed E-state index contributed by atoms with van der Waals surface area (Å²) < 4.78 is 14.1. The highest BCUT2D eigenvalue weighted by Crippen LogP contribution is 2.23. The molecule has 34 heavy (non-hydrogen) atoms. The van der Waals surface area contributed by atoms with Crippen molar-refractivity contribution >= 4 is 39.5 Å². The van der Waals surface area contributed by atoms with Gasteiger partial charge in [0.25, 0.3) is 5.56 Å². The number of ether oxygens (including phenoxy) is 2. The summed E-state index contributed by atoms with van der Waals surface area (Å²) in [6, 6.07) is 0. The van der Waals surface area contributed by atoms with E-state index < -0.39 is 17.2 Å². The fourth-order valence-electron chi connectivity index (χ4n) is 3.85. The van der Waals surface area contributed by atoms with Crippen molar-refractivity contribution < 1.29 is 19.1 Å². The minimum atomic E-state index is -0.645. The summed E-state index contributed by atoms with van der Waals surface area (Å²) in [7, 11) is 0. The van der Waals surface area contributed by atoms with Crippen LogP contribution in [0.15, 0.2) is 9.53 Å². The number of fused-ring (bicyclic) bond motifs is 1. The molecule has 0 aliphatic carbocycles. The molecular formula is C22H33BrN6O5. The maximum atomic E-state index is 13.5. The van der Waals surface area contributed by atoms with Crippen LogP contribution in [0.1, 0.15) is 54.2 Å². The molecule has 11 nitrogen and oxygen atoms in total. The van der Waals surface area contributed by atoms with Gasteiger partial charge in [-0.25, -0.2) is 4.79 Å². The molecule has 0 bridgehead atoms. The number of hydrogen-bond donors (Lipinski definition) is 0. The van der Waals surface area contributed by atoms with Gasteiger partial charge in [-0.05, 0) is 63.9 Å². The van der Waals surface area contributed by atoms with Crippen molar-refractivity contribution in [3.8, 4) is 0 Å². The first-order valence-corrected chi connectivity index (χ1v) is 12.1. The van der Waals surface area contributed by atoms with Gasteiger partial charge in [0.2, 0.25) is 10.5 Å². The maximum absolute atomic E-state index is 13.5. The third-order valence-corrected chi connectivity index (χ3v) is 5.43. The number of halogens is 1. The largest absolute Gasteiger partial charge is 0.459 e. The van der Waals surface area contributed by atoms with E-state index in [1.165, 1.54) is 4.52 Å². The van der Waals surface area contributed by atoms with E-state index in [-0.39, 0.29) is 28.7 Å². The molecule has 1 saturated heterocycles. The lowest BCUT2D eigenvalue weighted by Crippen LogP contribution is -2.51. The third kappa shape index (κ3) is 5.89. The Morgan fingerprint density at radius 3 is 2.12 bits per heavy atom. The monoisotopic (exact) mass is 540 g/mol. The fourth-order valence-corrected chi connectivity index (χ4v) is 4.16. The number of carbonyl (C=O) groups is 2. The Labute approximate surface area is 207 Å². The van der Waals surface area contributed by atoms with E-state index in [1.54, 1.807) is 30.2 Å². The predicted molar refractivity (Wildman–Crippen MR) is 130 cm³/mol. The van der Waals surface area contributed by atoms with Crippen molar-refractivity contribution in [3.63, 3.8) is 0 Å². The number of piperazine rings is 1. The molecule has 12 heteroatoms.